The second kappa shape index (κ2) is 7.91. The molecule has 0 amide bonds. The molecule has 4 aromatic rings. The lowest BCUT2D eigenvalue weighted by Crippen LogP contribution is -1.93. The standard InChI is InChI=1S/C23H15ClN4/c24-20-8-6-7-17(14-20)23-19(13-18(15-25)22-11-4-5-12-26-22)16-28(27-23)21-9-2-1-3-10-21/h1-14,16H. The molecule has 0 N–H and O–H groups in total. The zero-order chi connectivity index (χ0) is 19.3. The van der Waals surface area contributed by atoms with Gasteiger partial charge in [0.15, 0.2) is 0 Å². The first-order valence-corrected chi connectivity index (χ1v) is 9.06. The number of para-hydroxylation sites is 1. The number of allylic oxidation sites excluding steroid dienone is 1. The van der Waals surface area contributed by atoms with Crippen LogP contribution in [-0.2, 0) is 0 Å². The van der Waals surface area contributed by atoms with E-state index in [1.54, 1.807) is 10.9 Å². The van der Waals surface area contributed by atoms with E-state index in [-0.39, 0.29) is 0 Å². The summed E-state index contributed by atoms with van der Waals surface area (Å²) in [5, 5.41) is 15.1. The second-order valence-corrected chi connectivity index (χ2v) is 6.54. The smallest absolute Gasteiger partial charge is 0.101 e. The summed E-state index contributed by atoms with van der Waals surface area (Å²) in [7, 11) is 0. The Morgan fingerprint density at radius 1 is 1.00 bits per heavy atom. The van der Waals surface area contributed by atoms with Crippen LogP contribution >= 0.6 is 11.6 Å². The molecule has 2 heterocycles. The highest BCUT2D eigenvalue weighted by molar-refractivity contribution is 6.30. The van der Waals surface area contributed by atoms with Crippen LogP contribution in [0.5, 0.6) is 0 Å². The van der Waals surface area contributed by atoms with Crippen molar-refractivity contribution in [1.82, 2.24) is 14.8 Å². The molecule has 0 aliphatic heterocycles. The Hall–Kier alpha value is -3.68. The van der Waals surface area contributed by atoms with E-state index in [1.165, 1.54) is 0 Å². The lowest BCUT2D eigenvalue weighted by atomic mass is 10.0. The largest absolute Gasteiger partial charge is 0.256 e. The van der Waals surface area contributed by atoms with Gasteiger partial charge in [0.1, 0.15) is 11.8 Å². The number of nitrogens with zero attached hydrogens (tertiary/aromatic N) is 4. The van der Waals surface area contributed by atoms with Crippen molar-refractivity contribution in [1.29, 1.82) is 5.26 Å². The molecular formula is C23H15ClN4. The molecule has 4 rings (SSSR count). The van der Waals surface area contributed by atoms with E-state index >= 15 is 0 Å². The summed E-state index contributed by atoms with van der Waals surface area (Å²) in [5.74, 6) is 0. The SMILES string of the molecule is N#CC(=Cc1cn(-c2ccccc2)nc1-c1cccc(Cl)c1)c1ccccn1. The molecule has 0 aliphatic carbocycles. The Morgan fingerprint density at radius 3 is 2.54 bits per heavy atom. The second-order valence-electron chi connectivity index (χ2n) is 6.11. The minimum atomic E-state index is 0.469. The van der Waals surface area contributed by atoms with Gasteiger partial charge in [0.05, 0.1) is 17.0 Å². The summed E-state index contributed by atoms with van der Waals surface area (Å²) in [6.07, 6.45) is 5.39. The zero-order valence-electron chi connectivity index (χ0n) is 14.8. The van der Waals surface area contributed by atoms with Gasteiger partial charge in [-0.1, -0.05) is 48.0 Å². The van der Waals surface area contributed by atoms with E-state index in [4.69, 9.17) is 16.7 Å². The lowest BCUT2D eigenvalue weighted by Gasteiger charge is -2.01. The summed E-state index contributed by atoms with van der Waals surface area (Å²) in [6, 6.07) is 25.1. The first-order valence-electron chi connectivity index (χ1n) is 8.69. The average Bonchev–Trinajstić information content (AvgIpc) is 3.17. The molecule has 4 nitrogen and oxygen atoms in total. The lowest BCUT2D eigenvalue weighted by molar-refractivity contribution is 0.884. The molecule has 0 aliphatic rings. The molecule has 0 saturated heterocycles. The summed E-state index contributed by atoms with van der Waals surface area (Å²) in [6.45, 7) is 0. The normalized spacial score (nSPS) is 11.2. The van der Waals surface area contributed by atoms with Crippen LogP contribution in [0, 0.1) is 11.3 Å². The van der Waals surface area contributed by atoms with Crippen molar-refractivity contribution in [3.05, 3.63) is 101 Å². The van der Waals surface area contributed by atoms with Crippen LogP contribution in [-0.4, -0.2) is 14.8 Å². The maximum atomic E-state index is 9.66. The van der Waals surface area contributed by atoms with E-state index in [9.17, 15) is 5.26 Å². The zero-order valence-corrected chi connectivity index (χ0v) is 15.6. The Balaban J connectivity index is 1.89. The first-order chi connectivity index (χ1) is 13.7. The minimum absolute atomic E-state index is 0.469. The monoisotopic (exact) mass is 382 g/mol. The molecule has 0 bridgehead atoms. The van der Waals surface area contributed by atoms with Gasteiger partial charge in [-0.15, -0.1) is 0 Å². The average molecular weight is 383 g/mol. The van der Waals surface area contributed by atoms with Crippen LogP contribution < -0.4 is 0 Å². The third-order valence-corrected chi connectivity index (χ3v) is 4.46. The first kappa shape index (κ1) is 17.7. The number of hydrogen-bond acceptors (Lipinski definition) is 3. The summed E-state index contributed by atoms with van der Waals surface area (Å²) >= 11 is 6.19. The van der Waals surface area contributed by atoms with Gasteiger partial charge in [-0.25, -0.2) is 4.68 Å². The molecule has 0 radical (unpaired) electrons. The van der Waals surface area contributed by atoms with Crippen LogP contribution in [0.25, 0.3) is 28.6 Å². The fraction of sp³-hybridized carbons (Fsp3) is 0. The van der Waals surface area contributed by atoms with Crippen LogP contribution in [0.15, 0.2) is 85.2 Å². The molecule has 0 saturated carbocycles. The number of halogens is 1. The molecule has 0 fully saturated rings. The van der Waals surface area contributed by atoms with Crippen molar-refractivity contribution < 1.29 is 0 Å². The molecule has 28 heavy (non-hydrogen) atoms. The molecule has 0 spiro atoms. The Bertz CT molecular complexity index is 1170. The topological polar surface area (TPSA) is 54.5 Å². The predicted molar refractivity (Wildman–Crippen MR) is 112 cm³/mol. The van der Waals surface area contributed by atoms with E-state index in [0.717, 1.165) is 22.5 Å². The highest BCUT2D eigenvalue weighted by atomic mass is 35.5. The third kappa shape index (κ3) is 3.71. The van der Waals surface area contributed by atoms with Crippen molar-refractivity contribution in [2.45, 2.75) is 0 Å². The van der Waals surface area contributed by atoms with Gasteiger partial charge in [0.2, 0.25) is 0 Å². The number of benzene rings is 2. The van der Waals surface area contributed by atoms with Crippen LogP contribution in [0.4, 0.5) is 0 Å². The highest BCUT2D eigenvalue weighted by Gasteiger charge is 2.13. The number of nitriles is 1. The maximum absolute atomic E-state index is 9.66. The molecule has 0 unspecified atom stereocenters. The fourth-order valence-electron chi connectivity index (χ4n) is 2.91. The summed E-state index contributed by atoms with van der Waals surface area (Å²) < 4.78 is 1.80. The Labute approximate surface area is 168 Å². The van der Waals surface area contributed by atoms with Gasteiger partial charge >= 0.3 is 0 Å². The van der Waals surface area contributed by atoms with E-state index in [2.05, 4.69) is 11.1 Å². The van der Waals surface area contributed by atoms with Crippen molar-refractivity contribution in [2.24, 2.45) is 0 Å². The number of pyridine rings is 1. The molecule has 2 aromatic carbocycles. The molecule has 0 atom stereocenters. The van der Waals surface area contributed by atoms with Gasteiger partial charge in [0, 0.05) is 28.5 Å². The highest BCUT2D eigenvalue weighted by Crippen LogP contribution is 2.29. The third-order valence-electron chi connectivity index (χ3n) is 4.22. The fourth-order valence-corrected chi connectivity index (χ4v) is 3.10. The molecule has 2 aromatic heterocycles. The number of hydrogen-bond donors (Lipinski definition) is 0. The van der Waals surface area contributed by atoms with E-state index < -0.39 is 0 Å². The number of aromatic nitrogens is 3. The van der Waals surface area contributed by atoms with E-state index in [1.807, 2.05) is 85.1 Å². The minimum Gasteiger partial charge on any atom is -0.256 e. The van der Waals surface area contributed by atoms with E-state index in [0.29, 0.717) is 16.3 Å². The van der Waals surface area contributed by atoms with Gasteiger partial charge in [0.25, 0.3) is 0 Å². The summed E-state index contributed by atoms with van der Waals surface area (Å²) in [5.41, 5.74) is 4.46. The molecule has 5 heteroatoms. The number of rotatable bonds is 4. The van der Waals surface area contributed by atoms with Gasteiger partial charge < -0.3 is 0 Å². The van der Waals surface area contributed by atoms with Crippen molar-refractivity contribution in [3.63, 3.8) is 0 Å². The summed E-state index contributed by atoms with van der Waals surface area (Å²) in [4.78, 5) is 4.29. The van der Waals surface area contributed by atoms with Crippen LogP contribution in [0.2, 0.25) is 5.02 Å². The van der Waals surface area contributed by atoms with Gasteiger partial charge in [-0.2, -0.15) is 10.4 Å². The van der Waals surface area contributed by atoms with Crippen LogP contribution in [0.3, 0.4) is 0 Å². The molecule has 134 valence electrons. The van der Waals surface area contributed by atoms with Gasteiger partial charge in [-0.05, 0) is 42.5 Å². The quantitative estimate of drug-likeness (QED) is 0.428. The van der Waals surface area contributed by atoms with Crippen molar-refractivity contribution in [3.8, 4) is 23.0 Å². The van der Waals surface area contributed by atoms with Crippen molar-refractivity contribution >= 4 is 23.3 Å². The van der Waals surface area contributed by atoms with Crippen molar-refractivity contribution in [2.75, 3.05) is 0 Å². The van der Waals surface area contributed by atoms with Gasteiger partial charge in [-0.3, -0.25) is 4.98 Å². The predicted octanol–water partition coefficient (Wildman–Crippen LogP) is 5.65. The maximum Gasteiger partial charge on any atom is 0.101 e. The Kier molecular flexibility index (Phi) is 5.01. The van der Waals surface area contributed by atoms with Crippen LogP contribution in [0.1, 0.15) is 11.3 Å². The Morgan fingerprint density at radius 2 is 1.82 bits per heavy atom. The molecular weight excluding hydrogens is 368 g/mol.